The summed E-state index contributed by atoms with van der Waals surface area (Å²) in [7, 11) is 0. The number of hydrogen-bond acceptors (Lipinski definition) is 3. The molecule has 1 aromatic carbocycles. The molecule has 1 aromatic rings. The van der Waals surface area contributed by atoms with Gasteiger partial charge < -0.3 is 15.3 Å². The quantitative estimate of drug-likeness (QED) is 0.880. The minimum absolute atomic E-state index is 0.0340. The highest BCUT2D eigenvalue weighted by Crippen LogP contribution is 2.48. The van der Waals surface area contributed by atoms with Crippen molar-refractivity contribution < 1.29 is 14.7 Å². The summed E-state index contributed by atoms with van der Waals surface area (Å²) < 4.78 is 0. The fourth-order valence-electron chi connectivity index (χ4n) is 4.73. The van der Waals surface area contributed by atoms with Crippen LogP contribution >= 0.6 is 0 Å². The second-order valence-corrected chi connectivity index (χ2v) is 7.96. The minimum atomic E-state index is -0.774. The molecule has 4 rings (SSSR count). The van der Waals surface area contributed by atoms with Crippen LogP contribution in [0.5, 0.6) is 0 Å². The summed E-state index contributed by atoms with van der Waals surface area (Å²) in [6, 6.07) is 10.2. The van der Waals surface area contributed by atoms with E-state index in [1.165, 1.54) is 5.56 Å². The number of amides is 2. The molecule has 1 unspecified atom stereocenters. The smallest absolute Gasteiger partial charge is 0.227 e. The molecule has 134 valence electrons. The van der Waals surface area contributed by atoms with Crippen molar-refractivity contribution >= 4 is 11.8 Å². The molecule has 2 N–H and O–H groups in total. The van der Waals surface area contributed by atoms with E-state index in [-0.39, 0.29) is 24.2 Å². The Labute approximate surface area is 148 Å². The van der Waals surface area contributed by atoms with Crippen LogP contribution in [0.2, 0.25) is 0 Å². The number of nitrogens with zero attached hydrogens (tertiary/aromatic N) is 1. The molecule has 0 radical (unpaired) electrons. The molecule has 0 bridgehead atoms. The lowest BCUT2D eigenvalue weighted by molar-refractivity contribution is -0.145. The highest BCUT2D eigenvalue weighted by molar-refractivity contribution is 5.87. The lowest BCUT2D eigenvalue weighted by Gasteiger charge is -2.43. The Bertz CT molecular complexity index is 661. The van der Waals surface area contributed by atoms with Gasteiger partial charge in [-0.15, -0.1) is 0 Å². The van der Waals surface area contributed by atoms with Crippen LogP contribution in [0.1, 0.15) is 50.0 Å². The molecule has 1 atom stereocenters. The largest absolute Gasteiger partial charge is 0.389 e. The summed E-state index contributed by atoms with van der Waals surface area (Å²) in [6.45, 7) is 1.88. The third-order valence-corrected chi connectivity index (χ3v) is 6.56. The fourth-order valence-corrected chi connectivity index (χ4v) is 4.73. The Kier molecular flexibility index (Phi) is 4.07. The summed E-state index contributed by atoms with van der Waals surface area (Å²) in [4.78, 5) is 27.0. The highest BCUT2D eigenvalue weighted by atomic mass is 16.3. The first-order valence-electron chi connectivity index (χ1n) is 9.36. The van der Waals surface area contributed by atoms with Gasteiger partial charge in [-0.3, -0.25) is 9.59 Å². The summed E-state index contributed by atoms with van der Waals surface area (Å²) in [6.07, 6.45) is 4.09. The van der Waals surface area contributed by atoms with Crippen LogP contribution < -0.4 is 5.32 Å². The first-order chi connectivity index (χ1) is 12.0. The summed E-state index contributed by atoms with van der Waals surface area (Å²) in [5.74, 6) is 0.340. The maximum atomic E-state index is 12.6. The number of benzene rings is 1. The van der Waals surface area contributed by atoms with Crippen LogP contribution in [-0.2, 0) is 9.59 Å². The predicted octanol–water partition coefficient (Wildman–Crippen LogP) is 1.81. The standard InChI is InChI=1S/C20H26N2O3/c23-17(13-19(25)7-4-8-19)22-11-9-20(10-12-22)16(14-21-18(20)24)15-5-2-1-3-6-15/h1-3,5-6,16,25H,4,7-14H2,(H,21,24). The molecule has 2 saturated heterocycles. The van der Waals surface area contributed by atoms with Crippen LogP contribution in [-0.4, -0.2) is 47.1 Å². The lowest BCUT2D eigenvalue weighted by Crippen LogP contribution is -2.50. The van der Waals surface area contributed by atoms with E-state index in [4.69, 9.17) is 0 Å². The van der Waals surface area contributed by atoms with E-state index >= 15 is 0 Å². The van der Waals surface area contributed by atoms with Crippen molar-refractivity contribution in [1.82, 2.24) is 10.2 Å². The lowest BCUT2D eigenvalue weighted by atomic mass is 9.67. The number of piperidine rings is 1. The number of aliphatic hydroxyl groups is 1. The average molecular weight is 342 g/mol. The topological polar surface area (TPSA) is 69.6 Å². The Balaban J connectivity index is 1.45. The van der Waals surface area contributed by atoms with Crippen molar-refractivity contribution in [3.05, 3.63) is 35.9 Å². The van der Waals surface area contributed by atoms with Crippen molar-refractivity contribution in [3.63, 3.8) is 0 Å². The van der Waals surface area contributed by atoms with Gasteiger partial charge in [0.15, 0.2) is 0 Å². The summed E-state index contributed by atoms with van der Waals surface area (Å²) >= 11 is 0. The highest BCUT2D eigenvalue weighted by Gasteiger charge is 2.52. The van der Waals surface area contributed by atoms with Crippen molar-refractivity contribution in [2.75, 3.05) is 19.6 Å². The van der Waals surface area contributed by atoms with Crippen LogP contribution in [0.25, 0.3) is 0 Å². The van der Waals surface area contributed by atoms with Crippen LogP contribution in [0.3, 0.4) is 0 Å². The maximum Gasteiger partial charge on any atom is 0.227 e. The molecule has 2 aliphatic heterocycles. The second kappa shape index (κ2) is 6.13. The number of likely N-dealkylation sites (tertiary alicyclic amines) is 1. The van der Waals surface area contributed by atoms with E-state index in [2.05, 4.69) is 17.4 Å². The molecular weight excluding hydrogens is 316 g/mol. The molecule has 0 aromatic heterocycles. The van der Waals surface area contributed by atoms with E-state index < -0.39 is 11.0 Å². The van der Waals surface area contributed by atoms with E-state index in [1.54, 1.807) is 0 Å². The average Bonchev–Trinajstić information content (AvgIpc) is 2.91. The molecule has 25 heavy (non-hydrogen) atoms. The van der Waals surface area contributed by atoms with Gasteiger partial charge in [0.2, 0.25) is 11.8 Å². The molecule has 5 nitrogen and oxygen atoms in total. The molecule has 1 aliphatic carbocycles. The zero-order chi connectivity index (χ0) is 17.5. The van der Waals surface area contributed by atoms with Crippen molar-refractivity contribution in [1.29, 1.82) is 0 Å². The number of rotatable bonds is 3. The zero-order valence-corrected chi connectivity index (χ0v) is 14.5. The van der Waals surface area contributed by atoms with Gasteiger partial charge in [-0.2, -0.15) is 0 Å². The molecule has 1 spiro atoms. The number of hydrogen-bond donors (Lipinski definition) is 2. The normalized spacial score (nSPS) is 27.0. The number of nitrogens with one attached hydrogen (secondary N) is 1. The maximum absolute atomic E-state index is 12.6. The van der Waals surface area contributed by atoms with Gasteiger partial charge >= 0.3 is 0 Å². The summed E-state index contributed by atoms with van der Waals surface area (Å²) in [5, 5.41) is 13.3. The molecule has 5 heteroatoms. The Morgan fingerprint density at radius 2 is 1.84 bits per heavy atom. The monoisotopic (exact) mass is 342 g/mol. The Morgan fingerprint density at radius 1 is 1.16 bits per heavy atom. The van der Waals surface area contributed by atoms with E-state index in [0.717, 1.165) is 19.3 Å². The molecule has 2 amide bonds. The van der Waals surface area contributed by atoms with E-state index in [9.17, 15) is 14.7 Å². The first kappa shape index (κ1) is 16.6. The zero-order valence-electron chi connectivity index (χ0n) is 14.5. The number of carbonyl (C=O) groups excluding carboxylic acids is 2. The van der Waals surface area contributed by atoms with Gasteiger partial charge in [-0.25, -0.2) is 0 Å². The third kappa shape index (κ3) is 2.84. The van der Waals surface area contributed by atoms with Gasteiger partial charge in [0.25, 0.3) is 0 Å². The van der Waals surface area contributed by atoms with Crippen molar-refractivity contribution in [3.8, 4) is 0 Å². The molecule has 3 fully saturated rings. The van der Waals surface area contributed by atoms with Gasteiger partial charge in [-0.05, 0) is 37.7 Å². The fraction of sp³-hybridized carbons (Fsp3) is 0.600. The van der Waals surface area contributed by atoms with Gasteiger partial charge in [0.05, 0.1) is 17.4 Å². The summed E-state index contributed by atoms with van der Waals surface area (Å²) in [5.41, 5.74) is 0.0269. The van der Waals surface area contributed by atoms with Crippen LogP contribution in [0.4, 0.5) is 0 Å². The molecule has 1 saturated carbocycles. The second-order valence-electron chi connectivity index (χ2n) is 7.96. The van der Waals surface area contributed by atoms with Crippen molar-refractivity contribution in [2.45, 2.75) is 50.0 Å². The van der Waals surface area contributed by atoms with Gasteiger partial charge in [0, 0.05) is 25.6 Å². The van der Waals surface area contributed by atoms with E-state index in [1.807, 2.05) is 23.1 Å². The van der Waals surface area contributed by atoms with Crippen molar-refractivity contribution in [2.24, 2.45) is 5.41 Å². The molecular formula is C20H26N2O3. The van der Waals surface area contributed by atoms with Crippen LogP contribution in [0.15, 0.2) is 30.3 Å². The SMILES string of the molecule is O=C(CC1(O)CCC1)N1CCC2(CC1)C(=O)NCC2c1ccccc1. The Morgan fingerprint density at radius 3 is 2.44 bits per heavy atom. The third-order valence-electron chi connectivity index (χ3n) is 6.56. The van der Waals surface area contributed by atoms with Gasteiger partial charge in [0.1, 0.15) is 0 Å². The molecule has 3 aliphatic rings. The van der Waals surface area contributed by atoms with Gasteiger partial charge in [-0.1, -0.05) is 30.3 Å². The van der Waals surface area contributed by atoms with E-state index in [0.29, 0.717) is 32.5 Å². The predicted molar refractivity (Wildman–Crippen MR) is 93.9 cm³/mol. The first-order valence-corrected chi connectivity index (χ1v) is 9.36. The molecule has 2 heterocycles. The number of carbonyl (C=O) groups is 2. The minimum Gasteiger partial charge on any atom is -0.389 e. The Hall–Kier alpha value is -1.88. The van der Waals surface area contributed by atoms with Crippen LogP contribution in [0, 0.1) is 5.41 Å².